The molecule has 2 heteroatoms. The van der Waals surface area contributed by atoms with Crippen LogP contribution in [0.2, 0.25) is 0 Å². The third-order valence-corrected chi connectivity index (χ3v) is 3.57. The van der Waals surface area contributed by atoms with Crippen LogP contribution in [0.15, 0.2) is 18.2 Å². The standard InChI is InChI=1S/C16H25NO/c1-4-17-16(11-18-12(2)3)15-9-8-13-6-5-7-14(13)10-15/h8-10,12,16-17H,4-7,11H2,1-3H3. The fourth-order valence-corrected chi connectivity index (χ4v) is 2.62. The first-order valence-electron chi connectivity index (χ1n) is 7.17. The molecule has 1 aromatic rings. The Balaban J connectivity index is 2.09. The highest BCUT2D eigenvalue weighted by atomic mass is 16.5. The number of hydrogen-bond acceptors (Lipinski definition) is 2. The van der Waals surface area contributed by atoms with E-state index in [1.807, 2.05) is 0 Å². The average molecular weight is 247 g/mol. The number of ether oxygens (including phenoxy) is 1. The first-order chi connectivity index (χ1) is 8.70. The lowest BCUT2D eigenvalue weighted by Crippen LogP contribution is -2.26. The van der Waals surface area contributed by atoms with Gasteiger partial charge in [-0.3, -0.25) is 0 Å². The summed E-state index contributed by atoms with van der Waals surface area (Å²) in [7, 11) is 0. The van der Waals surface area contributed by atoms with Gasteiger partial charge in [-0.05, 0) is 56.3 Å². The molecule has 0 saturated heterocycles. The molecule has 100 valence electrons. The highest BCUT2D eigenvalue weighted by Crippen LogP contribution is 2.25. The summed E-state index contributed by atoms with van der Waals surface area (Å²) in [5, 5.41) is 3.52. The molecule has 0 bridgehead atoms. The number of aryl methyl sites for hydroxylation is 2. The van der Waals surface area contributed by atoms with Crippen molar-refractivity contribution in [3.05, 3.63) is 34.9 Å². The number of nitrogens with one attached hydrogen (secondary N) is 1. The van der Waals surface area contributed by atoms with Crippen molar-refractivity contribution in [1.29, 1.82) is 0 Å². The Morgan fingerprint density at radius 3 is 2.72 bits per heavy atom. The van der Waals surface area contributed by atoms with Crippen LogP contribution in [0.5, 0.6) is 0 Å². The maximum Gasteiger partial charge on any atom is 0.0664 e. The minimum absolute atomic E-state index is 0.292. The minimum atomic E-state index is 0.292. The van der Waals surface area contributed by atoms with E-state index in [-0.39, 0.29) is 0 Å². The molecule has 2 nitrogen and oxygen atoms in total. The molecule has 0 aliphatic heterocycles. The Hall–Kier alpha value is -0.860. The van der Waals surface area contributed by atoms with Crippen LogP contribution in [0.3, 0.4) is 0 Å². The van der Waals surface area contributed by atoms with E-state index < -0.39 is 0 Å². The lowest BCUT2D eigenvalue weighted by Gasteiger charge is -2.20. The summed E-state index contributed by atoms with van der Waals surface area (Å²) >= 11 is 0. The van der Waals surface area contributed by atoms with Gasteiger partial charge in [-0.25, -0.2) is 0 Å². The van der Waals surface area contributed by atoms with Gasteiger partial charge in [0.15, 0.2) is 0 Å². The summed E-state index contributed by atoms with van der Waals surface area (Å²) in [6.07, 6.45) is 4.10. The maximum atomic E-state index is 5.77. The molecule has 18 heavy (non-hydrogen) atoms. The Labute approximate surface area is 111 Å². The summed E-state index contributed by atoms with van der Waals surface area (Å²) in [4.78, 5) is 0. The molecule has 1 unspecified atom stereocenters. The molecule has 2 rings (SSSR count). The molecule has 0 spiro atoms. The highest BCUT2D eigenvalue weighted by Gasteiger charge is 2.16. The smallest absolute Gasteiger partial charge is 0.0664 e. The molecule has 1 atom stereocenters. The maximum absolute atomic E-state index is 5.77. The quantitative estimate of drug-likeness (QED) is 0.833. The van der Waals surface area contributed by atoms with Crippen LogP contribution in [0.1, 0.15) is 49.9 Å². The summed E-state index contributed by atoms with van der Waals surface area (Å²) in [5.41, 5.74) is 4.46. The minimum Gasteiger partial charge on any atom is -0.377 e. The van der Waals surface area contributed by atoms with Gasteiger partial charge in [0, 0.05) is 0 Å². The van der Waals surface area contributed by atoms with E-state index in [2.05, 4.69) is 44.3 Å². The molecule has 0 amide bonds. The third-order valence-electron chi connectivity index (χ3n) is 3.57. The molecular weight excluding hydrogens is 222 g/mol. The second kappa shape index (κ2) is 6.35. The Bertz CT molecular complexity index is 387. The van der Waals surface area contributed by atoms with Crippen LogP contribution < -0.4 is 5.32 Å². The molecule has 0 aromatic heterocycles. The molecular formula is C16H25NO. The van der Waals surface area contributed by atoms with Crippen molar-refractivity contribution in [2.75, 3.05) is 13.2 Å². The Morgan fingerprint density at radius 1 is 1.22 bits per heavy atom. The molecule has 0 saturated carbocycles. The second-order valence-corrected chi connectivity index (χ2v) is 5.37. The van der Waals surface area contributed by atoms with E-state index in [1.165, 1.54) is 24.8 Å². The van der Waals surface area contributed by atoms with Gasteiger partial charge >= 0.3 is 0 Å². The summed E-state index contributed by atoms with van der Waals surface area (Å²) in [6.45, 7) is 8.06. The number of rotatable bonds is 6. The van der Waals surface area contributed by atoms with Gasteiger partial charge < -0.3 is 10.1 Å². The molecule has 1 aliphatic carbocycles. The van der Waals surface area contributed by atoms with Crippen molar-refractivity contribution in [2.24, 2.45) is 0 Å². The van der Waals surface area contributed by atoms with Gasteiger partial charge in [-0.15, -0.1) is 0 Å². The monoisotopic (exact) mass is 247 g/mol. The second-order valence-electron chi connectivity index (χ2n) is 5.37. The molecule has 0 radical (unpaired) electrons. The fraction of sp³-hybridized carbons (Fsp3) is 0.625. The molecule has 0 fully saturated rings. The van der Waals surface area contributed by atoms with Gasteiger partial charge in [-0.2, -0.15) is 0 Å². The van der Waals surface area contributed by atoms with Crippen LogP contribution >= 0.6 is 0 Å². The van der Waals surface area contributed by atoms with Crippen molar-refractivity contribution < 1.29 is 4.74 Å². The summed E-state index contributed by atoms with van der Waals surface area (Å²) in [5.74, 6) is 0. The molecule has 1 N–H and O–H groups in total. The number of fused-ring (bicyclic) bond motifs is 1. The summed E-state index contributed by atoms with van der Waals surface area (Å²) < 4.78 is 5.77. The molecule has 0 heterocycles. The van der Waals surface area contributed by atoms with Crippen LogP contribution in [0.25, 0.3) is 0 Å². The highest BCUT2D eigenvalue weighted by molar-refractivity contribution is 5.36. The number of benzene rings is 1. The zero-order chi connectivity index (χ0) is 13.0. The van der Waals surface area contributed by atoms with Crippen LogP contribution in [-0.4, -0.2) is 19.3 Å². The van der Waals surface area contributed by atoms with Crippen LogP contribution in [0.4, 0.5) is 0 Å². The van der Waals surface area contributed by atoms with Crippen molar-refractivity contribution >= 4 is 0 Å². The lowest BCUT2D eigenvalue weighted by molar-refractivity contribution is 0.0614. The SMILES string of the molecule is CCNC(COC(C)C)c1ccc2c(c1)CCC2. The molecule has 1 aliphatic rings. The van der Waals surface area contributed by atoms with Gasteiger partial charge in [-0.1, -0.05) is 25.1 Å². The third kappa shape index (κ3) is 3.33. The normalized spacial score (nSPS) is 16.0. The van der Waals surface area contributed by atoms with Crippen LogP contribution in [0, 0.1) is 0 Å². The molecule has 1 aromatic carbocycles. The average Bonchev–Trinajstić information content (AvgIpc) is 2.81. The van der Waals surface area contributed by atoms with Gasteiger partial charge in [0.1, 0.15) is 0 Å². The van der Waals surface area contributed by atoms with E-state index in [1.54, 1.807) is 11.1 Å². The van der Waals surface area contributed by atoms with Crippen molar-refractivity contribution in [3.8, 4) is 0 Å². The Morgan fingerprint density at radius 2 is 2.00 bits per heavy atom. The van der Waals surface area contributed by atoms with Gasteiger partial charge in [0.05, 0.1) is 18.8 Å². The predicted octanol–water partition coefficient (Wildman–Crippen LogP) is 3.25. The summed E-state index contributed by atoms with van der Waals surface area (Å²) in [6, 6.07) is 7.26. The predicted molar refractivity (Wildman–Crippen MR) is 76.0 cm³/mol. The largest absolute Gasteiger partial charge is 0.377 e. The fourth-order valence-electron chi connectivity index (χ4n) is 2.62. The van der Waals surface area contributed by atoms with E-state index in [9.17, 15) is 0 Å². The zero-order valence-electron chi connectivity index (χ0n) is 11.8. The van der Waals surface area contributed by atoms with Crippen molar-refractivity contribution in [2.45, 2.75) is 52.2 Å². The van der Waals surface area contributed by atoms with E-state index >= 15 is 0 Å². The first-order valence-corrected chi connectivity index (χ1v) is 7.17. The van der Waals surface area contributed by atoms with Gasteiger partial charge in [0.25, 0.3) is 0 Å². The van der Waals surface area contributed by atoms with E-state index in [4.69, 9.17) is 4.74 Å². The van der Waals surface area contributed by atoms with E-state index in [0.717, 1.165) is 13.2 Å². The first kappa shape index (κ1) is 13.6. The zero-order valence-corrected chi connectivity index (χ0v) is 11.8. The number of likely N-dealkylation sites (N-methyl/N-ethyl adjacent to an activating group) is 1. The Kier molecular flexibility index (Phi) is 4.79. The van der Waals surface area contributed by atoms with Gasteiger partial charge in [0.2, 0.25) is 0 Å². The lowest BCUT2D eigenvalue weighted by atomic mass is 10.0. The van der Waals surface area contributed by atoms with E-state index in [0.29, 0.717) is 12.1 Å². The topological polar surface area (TPSA) is 21.3 Å². The number of hydrogen-bond donors (Lipinski definition) is 1. The van der Waals surface area contributed by atoms with Crippen LogP contribution in [-0.2, 0) is 17.6 Å². The van der Waals surface area contributed by atoms with Crippen molar-refractivity contribution in [1.82, 2.24) is 5.32 Å². The van der Waals surface area contributed by atoms with Crippen molar-refractivity contribution in [3.63, 3.8) is 0 Å².